The number of hydroxylamine groups is 1. The number of ether oxygens (including phenoxy) is 2. The summed E-state index contributed by atoms with van der Waals surface area (Å²) in [4.78, 5) is 34.2. The molecule has 1 fully saturated rings. The molecule has 0 amide bonds. The van der Waals surface area contributed by atoms with Gasteiger partial charge in [-0.3, -0.25) is 14.4 Å². The summed E-state index contributed by atoms with van der Waals surface area (Å²) in [5.41, 5.74) is 0.163. The van der Waals surface area contributed by atoms with E-state index in [1.54, 1.807) is 43.2 Å². The Labute approximate surface area is 204 Å². The lowest BCUT2D eigenvalue weighted by Gasteiger charge is -2.34. The van der Waals surface area contributed by atoms with Crippen LogP contribution in [0.15, 0.2) is 84.9 Å². The Hall–Kier alpha value is -3.35. The van der Waals surface area contributed by atoms with Crippen LogP contribution in [-0.2, 0) is 23.9 Å². The van der Waals surface area contributed by atoms with E-state index in [-0.39, 0.29) is 13.2 Å². The Morgan fingerprint density at radius 1 is 0.824 bits per heavy atom. The number of nitrogens with zero attached hydrogens (tertiary/aromatic N) is 1. The molecular formula is C27H26ClNO5. The van der Waals surface area contributed by atoms with Gasteiger partial charge in [0.25, 0.3) is 0 Å². The Bertz CT molecular complexity index is 1100. The van der Waals surface area contributed by atoms with Crippen LogP contribution in [0.5, 0.6) is 0 Å². The molecule has 1 aliphatic heterocycles. The number of hydrogen-bond acceptors (Lipinski definition) is 6. The zero-order valence-corrected chi connectivity index (χ0v) is 19.8. The predicted octanol–water partition coefficient (Wildman–Crippen LogP) is 5.69. The molecule has 34 heavy (non-hydrogen) atoms. The molecule has 0 bridgehead atoms. The fraction of sp³-hybridized carbons (Fsp3) is 0.259. The molecule has 0 N–H and O–H groups in total. The minimum Gasteiger partial charge on any atom is -0.465 e. The number of para-hydroxylation sites is 1. The Kier molecular flexibility index (Phi) is 7.20. The van der Waals surface area contributed by atoms with Gasteiger partial charge in [0, 0.05) is 5.02 Å². The number of esters is 2. The van der Waals surface area contributed by atoms with Gasteiger partial charge in [-0.25, -0.2) is 5.06 Å². The lowest BCUT2D eigenvalue weighted by Crippen LogP contribution is -2.49. The second-order valence-corrected chi connectivity index (χ2v) is 8.26. The van der Waals surface area contributed by atoms with E-state index >= 15 is 0 Å². The lowest BCUT2D eigenvalue weighted by molar-refractivity contribution is -0.177. The number of hydrogen-bond donors (Lipinski definition) is 0. The summed E-state index contributed by atoms with van der Waals surface area (Å²) in [6.07, 6.45) is -1.02. The summed E-state index contributed by atoms with van der Waals surface area (Å²) < 4.78 is 11.1. The average Bonchev–Trinajstić information content (AvgIpc) is 3.23. The summed E-state index contributed by atoms with van der Waals surface area (Å²) in [7, 11) is 0. The topological polar surface area (TPSA) is 65.1 Å². The van der Waals surface area contributed by atoms with E-state index in [1.165, 1.54) is 0 Å². The maximum atomic E-state index is 13.8. The predicted molar refractivity (Wildman–Crippen MR) is 129 cm³/mol. The highest BCUT2D eigenvalue weighted by Crippen LogP contribution is 2.58. The van der Waals surface area contributed by atoms with Gasteiger partial charge in [-0.15, -0.1) is 0 Å². The van der Waals surface area contributed by atoms with Crippen LogP contribution >= 0.6 is 11.6 Å². The average molecular weight is 480 g/mol. The minimum absolute atomic E-state index is 0.0974. The SMILES string of the molecule is CCOC(=O)C1(C(=O)OCC)[C@H](c2ccccc2)N(c2ccccc2)O[C@H]1c1ccc(Cl)cc1. The van der Waals surface area contributed by atoms with Gasteiger partial charge in [0.15, 0.2) is 0 Å². The second kappa shape index (κ2) is 10.3. The van der Waals surface area contributed by atoms with E-state index in [9.17, 15) is 9.59 Å². The molecule has 0 unspecified atom stereocenters. The molecule has 0 aromatic heterocycles. The molecule has 1 heterocycles. The molecule has 6 nitrogen and oxygen atoms in total. The minimum atomic E-state index is -1.84. The van der Waals surface area contributed by atoms with Crippen LogP contribution in [0.2, 0.25) is 5.02 Å². The third-order valence-electron chi connectivity index (χ3n) is 5.82. The van der Waals surface area contributed by atoms with E-state index in [0.29, 0.717) is 21.8 Å². The highest BCUT2D eigenvalue weighted by molar-refractivity contribution is 6.30. The van der Waals surface area contributed by atoms with E-state index in [0.717, 1.165) is 0 Å². The number of rotatable bonds is 7. The maximum absolute atomic E-state index is 13.8. The maximum Gasteiger partial charge on any atom is 0.329 e. The smallest absolute Gasteiger partial charge is 0.329 e. The van der Waals surface area contributed by atoms with Gasteiger partial charge in [0.2, 0.25) is 5.41 Å². The molecule has 3 aromatic carbocycles. The van der Waals surface area contributed by atoms with Crippen LogP contribution in [-0.4, -0.2) is 25.2 Å². The van der Waals surface area contributed by atoms with Crippen molar-refractivity contribution < 1.29 is 23.9 Å². The van der Waals surface area contributed by atoms with Gasteiger partial charge in [-0.1, -0.05) is 72.3 Å². The van der Waals surface area contributed by atoms with Crippen LogP contribution in [0.25, 0.3) is 0 Å². The standard InChI is InChI=1S/C27H26ClNO5/c1-3-32-25(30)27(26(31)33-4-2)23(19-11-7-5-8-12-19)29(22-13-9-6-10-14-22)34-24(27)20-15-17-21(28)18-16-20/h5-18,23-24H,3-4H2,1-2H3/t23-,24-/m0/s1. The first kappa shape index (κ1) is 23.8. The molecule has 7 heteroatoms. The van der Waals surface area contributed by atoms with Crippen LogP contribution in [0.3, 0.4) is 0 Å². The number of carbonyl (C=O) groups excluding carboxylic acids is 2. The van der Waals surface area contributed by atoms with Crippen molar-refractivity contribution in [2.75, 3.05) is 18.3 Å². The molecule has 0 aliphatic carbocycles. The second-order valence-electron chi connectivity index (χ2n) is 7.82. The quantitative estimate of drug-likeness (QED) is 0.320. The van der Waals surface area contributed by atoms with E-state index in [2.05, 4.69) is 0 Å². The van der Waals surface area contributed by atoms with Crippen molar-refractivity contribution in [2.24, 2.45) is 5.41 Å². The van der Waals surface area contributed by atoms with Crippen molar-refractivity contribution in [3.05, 3.63) is 101 Å². The first-order chi connectivity index (χ1) is 16.5. The van der Waals surface area contributed by atoms with E-state index in [4.69, 9.17) is 25.9 Å². The van der Waals surface area contributed by atoms with Crippen molar-refractivity contribution in [1.82, 2.24) is 0 Å². The van der Waals surface area contributed by atoms with Gasteiger partial charge < -0.3 is 9.47 Å². The molecule has 0 spiro atoms. The molecule has 2 atom stereocenters. The van der Waals surface area contributed by atoms with Crippen molar-refractivity contribution in [2.45, 2.75) is 26.0 Å². The summed E-state index contributed by atoms with van der Waals surface area (Å²) in [5.74, 6) is -1.42. The Morgan fingerprint density at radius 2 is 1.35 bits per heavy atom. The summed E-state index contributed by atoms with van der Waals surface area (Å²) in [6, 6.07) is 24.7. The van der Waals surface area contributed by atoms with Crippen molar-refractivity contribution in [1.29, 1.82) is 0 Å². The molecule has 3 aromatic rings. The monoisotopic (exact) mass is 479 g/mol. The van der Waals surface area contributed by atoms with Crippen molar-refractivity contribution in [3.63, 3.8) is 0 Å². The fourth-order valence-electron chi connectivity index (χ4n) is 4.39. The zero-order chi connectivity index (χ0) is 24.1. The third-order valence-corrected chi connectivity index (χ3v) is 6.08. The van der Waals surface area contributed by atoms with Crippen LogP contribution < -0.4 is 5.06 Å². The molecule has 4 rings (SSSR count). The molecule has 1 saturated heterocycles. The van der Waals surface area contributed by atoms with Crippen molar-refractivity contribution >= 4 is 29.2 Å². The molecule has 0 radical (unpaired) electrons. The number of benzene rings is 3. The van der Waals surface area contributed by atoms with Gasteiger partial charge in [0.05, 0.1) is 18.9 Å². The lowest BCUT2D eigenvalue weighted by atomic mass is 9.71. The first-order valence-electron chi connectivity index (χ1n) is 11.2. The molecular weight excluding hydrogens is 454 g/mol. The van der Waals surface area contributed by atoms with Gasteiger partial charge in [-0.05, 0) is 49.2 Å². The Balaban J connectivity index is 2.02. The number of carbonyl (C=O) groups is 2. The van der Waals surface area contributed by atoms with Gasteiger partial charge in [-0.2, -0.15) is 0 Å². The van der Waals surface area contributed by atoms with Gasteiger partial charge in [0.1, 0.15) is 12.1 Å². The van der Waals surface area contributed by atoms with E-state index in [1.807, 2.05) is 60.7 Å². The normalized spacial score (nSPS) is 19.0. The first-order valence-corrected chi connectivity index (χ1v) is 11.6. The zero-order valence-electron chi connectivity index (χ0n) is 19.0. The summed E-state index contributed by atoms with van der Waals surface area (Å²) in [5, 5.41) is 2.14. The van der Waals surface area contributed by atoms with Gasteiger partial charge >= 0.3 is 11.9 Å². The van der Waals surface area contributed by atoms with Crippen LogP contribution in [0.4, 0.5) is 5.69 Å². The highest BCUT2D eigenvalue weighted by atomic mass is 35.5. The summed E-state index contributed by atoms with van der Waals surface area (Å²) in [6.45, 7) is 3.60. The fourth-order valence-corrected chi connectivity index (χ4v) is 4.51. The number of halogens is 1. The highest BCUT2D eigenvalue weighted by Gasteiger charge is 2.69. The number of anilines is 1. The van der Waals surface area contributed by atoms with Crippen LogP contribution in [0, 0.1) is 5.41 Å². The molecule has 176 valence electrons. The summed E-state index contributed by atoms with van der Waals surface area (Å²) >= 11 is 6.13. The third kappa shape index (κ3) is 4.15. The molecule has 1 aliphatic rings. The van der Waals surface area contributed by atoms with Crippen LogP contribution in [0.1, 0.15) is 37.1 Å². The van der Waals surface area contributed by atoms with Crippen molar-refractivity contribution in [3.8, 4) is 0 Å². The Morgan fingerprint density at radius 3 is 1.88 bits per heavy atom. The molecule has 0 saturated carbocycles. The largest absolute Gasteiger partial charge is 0.465 e. The van der Waals surface area contributed by atoms with E-state index < -0.39 is 29.5 Å².